The minimum atomic E-state index is -3.75. The van der Waals surface area contributed by atoms with Crippen LogP contribution in [-0.4, -0.2) is 57.9 Å². The normalized spacial score (nSPS) is 11.3. The fourth-order valence-corrected chi connectivity index (χ4v) is 4.06. The molecule has 144 valence electrons. The van der Waals surface area contributed by atoms with Crippen molar-refractivity contribution in [2.75, 3.05) is 33.7 Å². The molecule has 2 aromatic rings. The molecular weight excluding hydrogens is 382 g/mol. The minimum absolute atomic E-state index is 0.0206. The lowest BCUT2D eigenvalue weighted by Gasteiger charge is -2.24. The maximum absolute atomic E-state index is 13.0. The summed E-state index contributed by atoms with van der Waals surface area (Å²) >= 11 is 1.58. The topological polar surface area (TPSA) is 69.7 Å². The predicted molar refractivity (Wildman–Crippen MR) is 108 cm³/mol. The van der Waals surface area contributed by atoms with Crippen molar-refractivity contribution < 1.29 is 13.2 Å². The van der Waals surface area contributed by atoms with E-state index >= 15 is 0 Å². The Labute approximate surface area is 164 Å². The van der Waals surface area contributed by atoms with Crippen LogP contribution in [0.4, 0.5) is 0 Å². The third-order valence-electron chi connectivity index (χ3n) is 3.79. The van der Waals surface area contributed by atoms with Gasteiger partial charge in [-0.25, -0.2) is 8.42 Å². The molecule has 0 saturated carbocycles. The Bertz CT molecular complexity index is 901. The number of rotatable bonds is 9. The summed E-state index contributed by atoms with van der Waals surface area (Å²) in [5.74, 6) is 2.02. The lowest BCUT2D eigenvalue weighted by atomic mass is 10.2. The summed E-state index contributed by atoms with van der Waals surface area (Å²) in [4.78, 5) is 17.9. The first-order valence-electron chi connectivity index (χ1n) is 8.33. The molecule has 0 bridgehead atoms. The number of terminal acetylenes is 1. The predicted octanol–water partition coefficient (Wildman–Crippen LogP) is 1.86. The molecule has 2 rings (SSSR count). The second-order valence-electron chi connectivity index (χ2n) is 6.17. The molecule has 0 spiro atoms. The summed E-state index contributed by atoms with van der Waals surface area (Å²) in [5, 5.41) is 1.97. The van der Waals surface area contributed by atoms with E-state index in [1.165, 1.54) is 12.1 Å². The number of carbonyl (C=O) groups is 1. The highest BCUT2D eigenvalue weighted by Crippen LogP contribution is 2.17. The van der Waals surface area contributed by atoms with Crippen LogP contribution in [0.5, 0.6) is 0 Å². The van der Waals surface area contributed by atoms with Crippen LogP contribution in [-0.2, 0) is 16.6 Å². The summed E-state index contributed by atoms with van der Waals surface area (Å²) in [7, 11) is 0.136. The average molecular weight is 406 g/mol. The first kappa shape index (κ1) is 21.1. The molecule has 1 amide bonds. The first-order chi connectivity index (χ1) is 12.8. The Morgan fingerprint density at radius 3 is 2.63 bits per heavy atom. The second kappa shape index (κ2) is 9.67. The van der Waals surface area contributed by atoms with Gasteiger partial charge in [-0.15, -0.1) is 17.8 Å². The number of hydrogen-bond acceptors (Lipinski definition) is 5. The van der Waals surface area contributed by atoms with Gasteiger partial charge < -0.3 is 9.80 Å². The number of nitrogens with one attached hydrogen (secondary N) is 1. The van der Waals surface area contributed by atoms with E-state index in [1.807, 2.05) is 36.5 Å². The van der Waals surface area contributed by atoms with Gasteiger partial charge >= 0.3 is 0 Å². The molecule has 0 aliphatic carbocycles. The molecule has 6 nitrogen and oxygen atoms in total. The van der Waals surface area contributed by atoms with Crippen molar-refractivity contribution in [3.63, 3.8) is 0 Å². The largest absolute Gasteiger partial charge is 0.332 e. The van der Waals surface area contributed by atoms with E-state index in [4.69, 9.17) is 6.42 Å². The Hall–Kier alpha value is -2.18. The van der Waals surface area contributed by atoms with Gasteiger partial charge in [-0.2, -0.15) is 4.72 Å². The van der Waals surface area contributed by atoms with Gasteiger partial charge in [-0.1, -0.05) is 18.1 Å². The third kappa shape index (κ3) is 6.19. The van der Waals surface area contributed by atoms with Crippen LogP contribution in [0, 0.1) is 12.3 Å². The van der Waals surface area contributed by atoms with Gasteiger partial charge in [0.15, 0.2) is 0 Å². The van der Waals surface area contributed by atoms with Crippen molar-refractivity contribution in [1.29, 1.82) is 0 Å². The lowest BCUT2D eigenvalue weighted by Crippen LogP contribution is -2.36. The van der Waals surface area contributed by atoms with E-state index in [9.17, 15) is 13.2 Å². The van der Waals surface area contributed by atoms with Crippen molar-refractivity contribution in [2.45, 2.75) is 11.4 Å². The number of likely N-dealkylation sites (N-methyl/N-ethyl adjacent to an activating group) is 1. The van der Waals surface area contributed by atoms with E-state index in [2.05, 4.69) is 10.6 Å². The summed E-state index contributed by atoms with van der Waals surface area (Å²) in [5.41, 5.74) is 0.328. The molecule has 1 aromatic heterocycles. The van der Waals surface area contributed by atoms with Crippen molar-refractivity contribution in [3.05, 3.63) is 52.2 Å². The molecule has 0 atom stereocenters. The first-order valence-corrected chi connectivity index (χ1v) is 10.7. The second-order valence-corrected chi connectivity index (χ2v) is 8.97. The maximum atomic E-state index is 13.0. The van der Waals surface area contributed by atoms with Crippen LogP contribution >= 0.6 is 11.3 Å². The Balaban J connectivity index is 2.26. The van der Waals surface area contributed by atoms with Gasteiger partial charge in [0.25, 0.3) is 5.91 Å². The Morgan fingerprint density at radius 2 is 2.00 bits per heavy atom. The quantitative estimate of drug-likeness (QED) is 0.647. The van der Waals surface area contributed by atoms with Gasteiger partial charge in [0, 0.05) is 23.5 Å². The van der Waals surface area contributed by atoms with Crippen molar-refractivity contribution in [1.82, 2.24) is 14.5 Å². The Kier molecular flexibility index (Phi) is 7.56. The minimum Gasteiger partial charge on any atom is -0.332 e. The highest BCUT2D eigenvalue weighted by Gasteiger charge is 2.20. The SMILES string of the molecule is C#CCNS(=O)(=O)c1cccc(C(=O)N(CCN(C)C)Cc2cccs2)c1. The summed E-state index contributed by atoms with van der Waals surface area (Å²) < 4.78 is 26.8. The highest BCUT2D eigenvalue weighted by molar-refractivity contribution is 7.89. The smallest absolute Gasteiger partial charge is 0.254 e. The molecule has 0 aliphatic heterocycles. The lowest BCUT2D eigenvalue weighted by molar-refractivity contribution is 0.0733. The zero-order valence-corrected chi connectivity index (χ0v) is 17.0. The van der Waals surface area contributed by atoms with E-state index in [1.54, 1.807) is 28.4 Å². The molecule has 0 fully saturated rings. The molecule has 8 heteroatoms. The van der Waals surface area contributed by atoms with Crippen LogP contribution in [0.25, 0.3) is 0 Å². The number of hydrogen-bond donors (Lipinski definition) is 1. The Morgan fingerprint density at radius 1 is 1.22 bits per heavy atom. The van der Waals surface area contributed by atoms with Crippen molar-refractivity contribution in [2.24, 2.45) is 0 Å². The van der Waals surface area contributed by atoms with Crippen LogP contribution in [0.15, 0.2) is 46.7 Å². The fourth-order valence-electron chi connectivity index (χ4n) is 2.36. The van der Waals surface area contributed by atoms with Crippen LogP contribution < -0.4 is 4.72 Å². The summed E-state index contributed by atoms with van der Waals surface area (Å²) in [6, 6.07) is 9.94. The molecule has 0 radical (unpaired) electrons. The number of thiophene rings is 1. The van der Waals surface area contributed by atoms with Crippen molar-refractivity contribution >= 4 is 27.3 Å². The average Bonchev–Trinajstić information content (AvgIpc) is 3.16. The zero-order chi connectivity index (χ0) is 19.9. The summed E-state index contributed by atoms with van der Waals surface area (Å²) in [6.45, 7) is 1.62. The maximum Gasteiger partial charge on any atom is 0.254 e. The van der Waals surface area contributed by atoms with Gasteiger partial charge in [-0.3, -0.25) is 4.79 Å². The summed E-state index contributed by atoms with van der Waals surface area (Å²) in [6.07, 6.45) is 5.11. The van der Waals surface area contributed by atoms with E-state index in [0.29, 0.717) is 25.2 Å². The number of amides is 1. The zero-order valence-electron chi connectivity index (χ0n) is 15.4. The third-order valence-corrected chi connectivity index (χ3v) is 6.05. The van der Waals surface area contributed by atoms with E-state index < -0.39 is 10.0 Å². The number of nitrogens with zero attached hydrogens (tertiary/aromatic N) is 2. The number of benzene rings is 1. The van der Waals surface area contributed by atoms with Crippen LogP contribution in [0.1, 0.15) is 15.2 Å². The molecule has 27 heavy (non-hydrogen) atoms. The van der Waals surface area contributed by atoms with Gasteiger partial charge in [0.2, 0.25) is 10.0 Å². The monoisotopic (exact) mass is 405 g/mol. The fraction of sp³-hybridized carbons (Fsp3) is 0.316. The molecule has 0 unspecified atom stereocenters. The molecular formula is C19H23N3O3S2. The highest BCUT2D eigenvalue weighted by atomic mass is 32.2. The number of carbonyl (C=O) groups excluding carboxylic acids is 1. The van der Waals surface area contributed by atoms with Gasteiger partial charge in [-0.05, 0) is 43.7 Å². The van der Waals surface area contributed by atoms with Gasteiger partial charge in [0.1, 0.15) is 0 Å². The molecule has 0 aliphatic rings. The van der Waals surface area contributed by atoms with Crippen LogP contribution in [0.2, 0.25) is 0 Å². The number of sulfonamides is 1. The molecule has 0 saturated heterocycles. The van der Waals surface area contributed by atoms with Gasteiger partial charge in [0.05, 0.1) is 18.0 Å². The standard InChI is InChI=1S/C19H23N3O3S2/c1-4-10-20-27(24,25)18-9-5-7-16(14-18)19(23)22(12-11-21(2)3)15-17-8-6-13-26-17/h1,5-9,13-14,20H,10-12,15H2,2-3H3. The van der Waals surface area contributed by atoms with Crippen LogP contribution in [0.3, 0.4) is 0 Å². The molecule has 1 aromatic carbocycles. The molecule has 1 heterocycles. The molecule has 1 N–H and O–H groups in total. The van der Waals surface area contributed by atoms with Crippen molar-refractivity contribution in [3.8, 4) is 12.3 Å². The van der Waals surface area contributed by atoms with E-state index in [-0.39, 0.29) is 17.3 Å². The van der Waals surface area contributed by atoms with E-state index in [0.717, 1.165) is 4.88 Å².